The molecule has 4 nitrogen and oxygen atoms in total. The molecule has 0 aliphatic carbocycles. The van der Waals surface area contributed by atoms with Gasteiger partial charge in [0, 0.05) is 4.88 Å². The van der Waals surface area contributed by atoms with E-state index in [2.05, 4.69) is 5.32 Å². The van der Waals surface area contributed by atoms with E-state index in [1.807, 2.05) is 17.5 Å². The first kappa shape index (κ1) is 17.4. The molecule has 8 heteroatoms. The highest BCUT2D eigenvalue weighted by Gasteiger charge is 2.18. The highest BCUT2D eigenvalue weighted by molar-refractivity contribution is 7.10. The van der Waals surface area contributed by atoms with Gasteiger partial charge in [-0.15, -0.1) is 11.3 Å². The number of rotatable bonds is 5. The van der Waals surface area contributed by atoms with Crippen molar-refractivity contribution < 1.29 is 23.1 Å². The molecule has 0 unspecified atom stereocenters. The first-order valence-electron chi connectivity index (χ1n) is 6.53. The van der Waals surface area contributed by atoms with Crippen LogP contribution in [-0.2, 0) is 9.53 Å². The summed E-state index contributed by atoms with van der Waals surface area (Å²) in [5.41, 5.74) is -0.343. The number of carbonyl (C=O) groups excluding carboxylic acids is 2. The van der Waals surface area contributed by atoms with E-state index >= 15 is 0 Å². The quantitative estimate of drug-likeness (QED) is 0.654. The number of esters is 1. The van der Waals surface area contributed by atoms with Crippen LogP contribution in [0.2, 0.25) is 5.02 Å². The molecule has 0 fully saturated rings. The van der Waals surface area contributed by atoms with Crippen LogP contribution in [0.25, 0.3) is 0 Å². The van der Waals surface area contributed by atoms with E-state index in [1.54, 1.807) is 6.92 Å². The first-order valence-corrected chi connectivity index (χ1v) is 7.78. The van der Waals surface area contributed by atoms with Gasteiger partial charge < -0.3 is 10.1 Å². The molecule has 0 spiro atoms. The lowest BCUT2D eigenvalue weighted by Crippen LogP contribution is -2.30. The fourth-order valence-electron chi connectivity index (χ4n) is 1.78. The molecule has 0 aliphatic heterocycles. The normalized spacial score (nSPS) is 11.8. The van der Waals surface area contributed by atoms with E-state index in [-0.39, 0.29) is 16.6 Å². The van der Waals surface area contributed by atoms with Gasteiger partial charge in [0.2, 0.25) is 0 Å². The summed E-state index contributed by atoms with van der Waals surface area (Å²) in [7, 11) is 0. The number of hydrogen-bond donors (Lipinski definition) is 1. The van der Waals surface area contributed by atoms with Crippen molar-refractivity contribution in [3.05, 3.63) is 56.7 Å². The maximum atomic E-state index is 13.1. The molecule has 23 heavy (non-hydrogen) atoms. The number of carbonyl (C=O) groups is 2. The van der Waals surface area contributed by atoms with Crippen LogP contribution < -0.4 is 5.32 Å². The third-order valence-corrected chi connectivity index (χ3v) is 4.28. The Morgan fingerprint density at radius 3 is 2.70 bits per heavy atom. The summed E-state index contributed by atoms with van der Waals surface area (Å²) in [5.74, 6) is -3.92. The molecule has 2 aromatic rings. The molecule has 0 aliphatic rings. The van der Waals surface area contributed by atoms with E-state index in [4.69, 9.17) is 16.3 Å². The van der Waals surface area contributed by atoms with Crippen LogP contribution in [0.5, 0.6) is 0 Å². The largest absolute Gasteiger partial charge is 0.452 e. The summed E-state index contributed by atoms with van der Waals surface area (Å²) in [4.78, 5) is 24.5. The maximum absolute atomic E-state index is 13.1. The molecular formula is C15H12ClF2NO3S. The zero-order chi connectivity index (χ0) is 17.0. The Balaban J connectivity index is 1.91. The minimum absolute atomic E-state index is 0.229. The number of thiophene rings is 1. The lowest BCUT2D eigenvalue weighted by molar-refractivity contribution is -0.124. The van der Waals surface area contributed by atoms with Gasteiger partial charge in [-0.05, 0) is 30.5 Å². The minimum Gasteiger partial charge on any atom is -0.452 e. The molecule has 1 N–H and O–H groups in total. The number of hydrogen-bond acceptors (Lipinski definition) is 4. The fourth-order valence-corrected chi connectivity index (χ4v) is 2.74. The molecule has 1 amide bonds. The van der Waals surface area contributed by atoms with Crippen molar-refractivity contribution >= 4 is 34.8 Å². The topological polar surface area (TPSA) is 55.4 Å². The van der Waals surface area contributed by atoms with Gasteiger partial charge >= 0.3 is 5.97 Å². The van der Waals surface area contributed by atoms with Gasteiger partial charge in [-0.2, -0.15) is 0 Å². The third kappa shape index (κ3) is 4.49. The van der Waals surface area contributed by atoms with Gasteiger partial charge in [0.15, 0.2) is 18.2 Å². The molecule has 2 rings (SSSR count). The van der Waals surface area contributed by atoms with Crippen molar-refractivity contribution in [1.29, 1.82) is 0 Å². The predicted molar refractivity (Wildman–Crippen MR) is 82.5 cm³/mol. The molecule has 1 aromatic carbocycles. The van der Waals surface area contributed by atoms with Crippen molar-refractivity contribution in [2.75, 3.05) is 6.61 Å². The number of amides is 1. The lowest BCUT2D eigenvalue weighted by atomic mass is 10.2. The van der Waals surface area contributed by atoms with E-state index < -0.39 is 30.1 Å². The fraction of sp³-hybridized carbons (Fsp3) is 0.200. The Morgan fingerprint density at radius 1 is 1.35 bits per heavy atom. The molecule has 1 atom stereocenters. The molecule has 0 saturated heterocycles. The van der Waals surface area contributed by atoms with Crippen LogP contribution in [0.15, 0.2) is 29.6 Å². The van der Waals surface area contributed by atoms with Crippen molar-refractivity contribution in [3.63, 3.8) is 0 Å². The molecule has 0 bridgehead atoms. The average Bonchev–Trinajstić information content (AvgIpc) is 3.03. The van der Waals surface area contributed by atoms with Crippen molar-refractivity contribution in [1.82, 2.24) is 5.32 Å². The zero-order valence-corrected chi connectivity index (χ0v) is 13.5. The Hall–Kier alpha value is -1.99. The maximum Gasteiger partial charge on any atom is 0.340 e. The molecule has 0 saturated carbocycles. The highest BCUT2D eigenvalue weighted by Crippen LogP contribution is 2.21. The van der Waals surface area contributed by atoms with E-state index in [9.17, 15) is 18.4 Å². The van der Waals surface area contributed by atoms with E-state index in [1.165, 1.54) is 11.3 Å². The van der Waals surface area contributed by atoms with Crippen molar-refractivity contribution in [2.45, 2.75) is 13.0 Å². The summed E-state index contributed by atoms with van der Waals surface area (Å²) in [6, 6.07) is 4.79. The number of ether oxygens (including phenoxy) is 1. The monoisotopic (exact) mass is 359 g/mol. The van der Waals surface area contributed by atoms with E-state index in [0.717, 1.165) is 4.88 Å². The van der Waals surface area contributed by atoms with Gasteiger partial charge in [0.1, 0.15) is 0 Å². The zero-order valence-electron chi connectivity index (χ0n) is 11.9. The molecule has 0 radical (unpaired) electrons. The molecular weight excluding hydrogens is 348 g/mol. The molecule has 122 valence electrons. The van der Waals surface area contributed by atoms with Crippen LogP contribution >= 0.6 is 22.9 Å². The Morgan fingerprint density at radius 2 is 2.04 bits per heavy atom. The second-order valence-corrected chi connectivity index (χ2v) is 6.01. The van der Waals surface area contributed by atoms with Crippen molar-refractivity contribution in [3.8, 4) is 0 Å². The summed E-state index contributed by atoms with van der Waals surface area (Å²) in [6.07, 6.45) is 0. The van der Waals surface area contributed by atoms with Gasteiger partial charge in [-0.1, -0.05) is 17.7 Å². The second kappa shape index (κ2) is 7.52. The molecule has 1 aromatic heterocycles. The second-order valence-electron chi connectivity index (χ2n) is 4.63. The van der Waals surface area contributed by atoms with Gasteiger partial charge in [-0.3, -0.25) is 4.79 Å². The van der Waals surface area contributed by atoms with Gasteiger partial charge in [0.25, 0.3) is 5.91 Å². The molecule has 1 heterocycles. The van der Waals surface area contributed by atoms with Crippen LogP contribution in [0.3, 0.4) is 0 Å². The van der Waals surface area contributed by atoms with Crippen LogP contribution in [0, 0.1) is 11.6 Å². The van der Waals surface area contributed by atoms with Gasteiger partial charge in [0.05, 0.1) is 16.6 Å². The minimum atomic E-state index is -1.22. The third-order valence-electron chi connectivity index (χ3n) is 2.91. The lowest BCUT2D eigenvalue weighted by Gasteiger charge is -2.12. The summed E-state index contributed by atoms with van der Waals surface area (Å²) in [6.45, 7) is 1.24. The Labute approximate surface area is 140 Å². The average molecular weight is 360 g/mol. The number of halogens is 3. The number of nitrogens with one attached hydrogen (secondary N) is 1. The summed E-state index contributed by atoms with van der Waals surface area (Å²) >= 11 is 7.14. The van der Waals surface area contributed by atoms with Crippen LogP contribution in [0.1, 0.15) is 28.2 Å². The summed E-state index contributed by atoms with van der Waals surface area (Å²) < 4.78 is 30.8. The predicted octanol–water partition coefficient (Wildman–Crippen LogP) is 3.71. The Kier molecular flexibility index (Phi) is 5.68. The smallest absolute Gasteiger partial charge is 0.340 e. The van der Waals surface area contributed by atoms with Gasteiger partial charge in [-0.25, -0.2) is 13.6 Å². The number of benzene rings is 1. The van der Waals surface area contributed by atoms with Crippen molar-refractivity contribution in [2.24, 2.45) is 0 Å². The van der Waals surface area contributed by atoms with Crippen LogP contribution in [0.4, 0.5) is 8.78 Å². The standard InChI is InChI=1S/C15H12ClF2NO3S/c1-8(13-3-2-4-23-13)19-14(20)7-22-15(21)9-5-11(17)12(18)6-10(9)16/h2-6,8H,7H2,1H3,(H,19,20)/t8-/m1/s1. The summed E-state index contributed by atoms with van der Waals surface area (Å²) in [5, 5.41) is 4.24. The SMILES string of the molecule is C[C@@H](NC(=O)COC(=O)c1cc(F)c(F)cc1Cl)c1cccs1. The first-order chi connectivity index (χ1) is 10.9. The van der Waals surface area contributed by atoms with E-state index in [0.29, 0.717) is 12.1 Å². The van der Waals surface area contributed by atoms with Crippen LogP contribution in [-0.4, -0.2) is 18.5 Å². The highest BCUT2D eigenvalue weighted by atomic mass is 35.5. The Bertz CT molecular complexity index is 722.